The topological polar surface area (TPSA) is 69.0 Å². The van der Waals surface area contributed by atoms with Crippen molar-refractivity contribution in [3.05, 3.63) is 42.1 Å². The molecule has 2 aromatic rings. The summed E-state index contributed by atoms with van der Waals surface area (Å²) in [4.78, 5) is 21.0. The second-order valence-electron chi connectivity index (χ2n) is 6.63. The maximum atomic E-state index is 12.6. The second-order valence-corrected chi connectivity index (χ2v) is 6.63. The molecule has 1 amide bonds. The molecular formula is C17H22N4O2. The van der Waals surface area contributed by atoms with Crippen LogP contribution in [0.15, 0.2) is 30.9 Å². The van der Waals surface area contributed by atoms with Crippen LogP contribution in [-0.2, 0) is 4.74 Å². The van der Waals surface area contributed by atoms with E-state index in [1.807, 2.05) is 33.0 Å². The zero-order chi connectivity index (χ0) is 16.4. The van der Waals surface area contributed by atoms with Gasteiger partial charge in [0.2, 0.25) is 0 Å². The molecule has 3 heterocycles. The van der Waals surface area contributed by atoms with Gasteiger partial charge in [0, 0.05) is 25.0 Å². The van der Waals surface area contributed by atoms with Crippen LogP contribution in [0.2, 0.25) is 0 Å². The van der Waals surface area contributed by atoms with E-state index >= 15 is 0 Å². The van der Waals surface area contributed by atoms with E-state index in [4.69, 9.17) is 4.74 Å². The van der Waals surface area contributed by atoms with Crippen LogP contribution in [-0.4, -0.2) is 38.7 Å². The van der Waals surface area contributed by atoms with Crippen molar-refractivity contribution in [1.82, 2.24) is 19.9 Å². The highest BCUT2D eigenvalue weighted by atomic mass is 16.5. The highest BCUT2D eigenvalue weighted by molar-refractivity contribution is 5.92. The molecule has 1 fully saturated rings. The largest absolute Gasteiger partial charge is 0.375 e. The fourth-order valence-electron chi connectivity index (χ4n) is 2.91. The van der Waals surface area contributed by atoms with Crippen LogP contribution in [0.3, 0.4) is 0 Å². The lowest BCUT2D eigenvalue weighted by Crippen LogP contribution is -2.46. The lowest BCUT2D eigenvalue weighted by molar-refractivity contribution is -0.0615. The summed E-state index contributed by atoms with van der Waals surface area (Å²) in [6.45, 7) is 6.72. The molecule has 122 valence electrons. The number of hydrogen-bond acceptors (Lipinski definition) is 4. The van der Waals surface area contributed by atoms with Gasteiger partial charge in [0.25, 0.3) is 5.91 Å². The van der Waals surface area contributed by atoms with Gasteiger partial charge in [0.1, 0.15) is 17.8 Å². The number of ether oxygens (including phenoxy) is 1. The van der Waals surface area contributed by atoms with Crippen molar-refractivity contribution in [2.45, 2.75) is 45.3 Å². The second kappa shape index (κ2) is 6.12. The third kappa shape index (κ3) is 3.76. The number of aromatic nitrogens is 3. The highest BCUT2D eigenvalue weighted by Crippen LogP contribution is 2.24. The van der Waals surface area contributed by atoms with Crippen LogP contribution < -0.4 is 5.32 Å². The number of nitrogens with one attached hydrogen (secondary N) is 1. The quantitative estimate of drug-likeness (QED) is 0.943. The monoisotopic (exact) mass is 314 g/mol. The first-order chi connectivity index (χ1) is 10.9. The van der Waals surface area contributed by atoms with Gasteiger partial charge in [0.05, 0.1) is 5.60 Å². The van der Waals surface area contributed by atoms with E-state index in [1.165, 1.54) is 0 Å². The summed E-state index contributed by atoms with van der Waals surface area (Å²) >= 11 is 0. The average Bonchev–Trinajstić information content (AvgIpc) is 2.99. The van der Waals surface area contributed by atoms with Gasteiger partial charge in [-0.05, 0) is 51.3 Å². The van der Waals surface area contributed by atoms with Crippen LogP contribution in [0.25, 0.3) is 5.82 Å². The normalized spacial score (nSPS) is 20.2. The number of aryl methyl sites for hydroxylation is 1. The van der Waals surface area contributed by atoms with E-state index in [2.05, 4.69) is 15.3 Å². The molecule has 1 N–H and O–H groups in total. The molecule has 6 nitrogen and oxygen atoms in total. The summed E-state index contributed by atoms with van der Waals surface area (Å²) in [6.07, 6.45) is 6.80. The van der Waals surface area contributed by atoms with Crippen molar-refractivity contribution < 1.29 is 9.53 Å². The van der Waals surface area contributed by atoms with Crippen molar-refractivity contribution >= 4 is 5.91 Å². The Morgan fingerprint density at radius 2 is 2.26 bits per heavy atom. The number of carbonyl (C=O) groups is 1. The molecular weight excluding hydrogens is 292 g/mol. The minimum atomic E-state index is -0.196. The number of hydrogen-bond donors (Lipinski definition) is 1. The molecule has 0 saturated carbocycles. The van der Waals surface area contributed by atoms with Crippen LogP contribution in [0, 0.1) is 6.92 Å². The molecule has 1 unspecified atom stereocenters. The van der Waals surface area contributed by atoms with Crippen LogP contribution in [0.1, 0.15) is 42.7 Å². The molecule has 0 bridgehead atoms. The molecule has 3 rings (SSSR count). The Morgan fingerprint density at radius 1 is 1.43 bits per heavy atom. The summed E-state index contributed by atoms with van der Waals surface area (Å²) in [5.41, 5.74) is 1.22. The molecule has 23 heavy (non-hydrogen) atoms. The fraction of sp³-hybridized carbons (Fsp3) is 0.471. The standard InChI is InChI=1S/C17H22N4O2/c1-12-8-14(20-15(9-12)21-6-5-18-11-21)16(22)19-13-4-7-23-17(2,3)10-13/h5-6,8-9,11,13H,4,7,10H2,1-3H3,(H,19,22). The number of rotatable bonds is 3. The van der Waals surface area contributed by atoms with Gasteiger partial charge in [-0.25, -0.2) is 9.97 Å². The first kappa shape index (κ1) is 15.7. The van der Waals surface area contributed by atoms with E-state index in [9.17, 15) is 4.79 Å². The van der Waals surface area contributed by atoms with Gasteiger partial charge in [0.15, 0.2) is 0 Å². The minimum Gasteiger partial charge on any atom is -0.375 e. The van der Waals surface area contributed by atoms with Gasteiger partial charge >= 0.3 is 0 Å². The van der Waals surface area contributed by atoms with E-state index < -0.39 is 0 Å². The molecule has 2 aromatic heterocycles. The number of pyridine rings is 1. The van der Waals surface area contributed by atoms with Crippen molar-refractivity contribution in [2.75, 3.05) is 6.61 Å². The smallest absolute Gasteiger partial charge is 0.270 e. The van der Waals surface area contributed by atoms with Crippen LogP contribution in [0.5, 0.6) is 0 Å². The Kier molecular flexibility index (Phi) is 4.17. The Hall–Kier alpha value is -2.21. The predicted octanol–water partition coefficient (Wildman–Crippen LogP) is 2.26. The zero-order valence-electron chi connectivity index (χ0n) is 13.7. The maximum absolute atomic E-state index is 12.6. The molecule has 0 aliphatic carbocycles. The van der Waals surface area contributed by atoms with Crippen LogP contribution in [0.4, 0.5) is 0 Å². The average molecular weight is 314 g/mol. The number of imidazole rings is 1. The third-order valence-corrected chi connectivity index (χ3v) is 3.99. The van der Waals surface area contributed by atoms with Gasteiger partial charge in [-0.2, -0.15) is 0 Å². The number of carbonyl (C=O) groups excluding carboxylic acids is 1. The first-order valence-corrected chi connectivity index (χ1v) is 7.85. The first-order valence-electron chi connectivity index (χ1n) is 7.85. The molecule has 1 aliphatic heterocycles. The van der Waals surface area contributed by atoms with Crippen molar-refractivity contribution in [2.24, 2.45) is 0 Å². The predicted molar refractivity (Wildman–Crippen MR) is 86.6 cm³/mol. The lowest BCUT2D eigenvalue weighted by Gasteiger charge is -2.35. The van der Waals surface area contributed by atoms with Gasteiger partial charge in [-0.3, -0.25) is 9.36 Å². The van der Waals surface area contributed by atoms with Gasteiger partial charge in [-0.1, -0.05) is 0 Å². The Labute approximate surface area is 135 Å². The number of amides is 1. The lowest BCUT2D eigenvalue weighted by atomic mass is 9.94. The molecule has 1 atom stereocenters. The summed E-state index contributed by atoms with van der Waals surface area (Å²) in [7, 11) is 0. The molecule has 1 aliphatic rings. The Bertz CT molecular complexity index is 695. The SMILES string of the molecule is Cc1cc(C(=O)NC2CCOC(C)(C)C2)nc(-n2ccnc2)c1. The molecule has 0 aromatic carbocycles. The van der Waals surface area contributed by atoms with E-state index in [-0.39, 0.29) is 17.6 Å². The number of nitrogens with zero attached hydrogens (tertiary/aromatic N) is 3. The molecule has 6 heteroatoms. The molecule has 0 spiro atoms. The van der Waals surface area contributed by atoms with E-state index in [0.717, 1.165) is 18.4 Å². The minimum absolute atomic E-state index is 0.116. The Morgan fingerprint density at radius 3 is 2.96 bits per heavy atom. The third-order valence-electron chi connectivity index (χ3n) is 3.99. The van der Waals surface area contributed by atoms with Crippen molar-refractivity contribution in [1.29, 1.82) is 0 Å². The maximum Gasteiger partial charge on any atom is 0.270 e. The van der Waals surface area contributed by atoms with Crippen molar-refractivity contribution in [3.8, 4) is 5.82 Å². The van der Waals surface area contributed by atoms with Crippen molar-refractivity contribution in [3.63, 3.8) is 0 Å². The van der Waals surface area contributed by atoms with Gasteiger partial charge < -0.3 is 10.1 Å². The summed E-state index contributed by atoms with van der Waals surface area (Å²) < 4.78 is 7.49. The fourth-order valence-corrected chi connectivity index (χ4v) is 2.91. The molecule has 1 saturated heterocycles. The molecule has 0 radical (unpaired) electrons. The van der Waals surface area contributed by atoms with E-state index in [0.29, 0.717) is 18.1 Å². The van der Waals surface area contributed by atoms with E-state index in [1.54, 1.807) is 23.2 Å². The Balaban J connectivity index is 1.77. The highest BCUT2D eigenvalue weighted by Gasteiger charge is 2.30. The summed E-state index contributed by atoms with van der Waals surface area (Å²) in [5.74, 6) is 0.553. The van der Waals surface area contributed by atoms with Crippen LogP contribution >= 0.6 is 0 Å². The summed E-state index contributed by atoms with van der Waals surface area (Å²) in [5, 5.41) is 3.08. The summed E-state index contributed by atoms with van der Waals surface area (Å²) in [6, 6.07) is 3.85. The van der Waals surface area contributed by atoms with Gasteiger partial charge in [-0.15, -0.1) is 0 Å². The zero-order valence-corrected chi connectivity index (χ0v) is 13.7.